The fourth-order valence-electron chi connectivity index (χ4n) is 2.76. The fourth-order valence-corrected chi connectivity index (χ4v) is 2.76. The van der Waals surface area contributed by atoms with Crippen LogP contribution in [0.15, 0.2) is 12.2 Å². The smallest absolute Gasteiger partial charge is 0.236 e. The van der Waals surface area contributed by atoms with Crippen molar-refractivity contribution < 1.29 is 9.59 Å². The minimum atomic E-state index is 0.129. The molecule has 0 aromatic rings. The van der Waals surface area contributed by atoms with Crippen LogP contribution in [0.2, 0.25) is 0 Å². The average Bonchev–Trinajstić information content (AvgIpc) is 2.85. The maximum atomic E-state index is 12.4. The van der Waals surface area contributed by atoms with Crippen LogP contribution in [-0.2, 0) is 9.59 Å². The number of carbonyl (C=O) groups is 2. The van der Waals surface area contributed by atoms with E-state index in [-0.39, 0.29) is 17.7 Å². The standard InChI is InChI=1S/C15H25N3O2/c1-16(2)14(19)12-17-8-5-9-18(11-10-17)15(20)13-6-3-4-7-13/h3-4,13H,5-12H2,1-2H3. The third-order valence-electron chi connectivity index (χ3n) is 4.11. The number of hydrogen-bond acceptors (Lipinski definition) is 3. The van der Waals surface area contributed by atoms with Gasteiger partial charge in [0, 0.05) is 46.2 Å². The lowest BCUT2D eigenvalue weighted by molar-refractivity contribution is -0.135. The Morgan fingerprint density at radius 2 is 1.80 bits per heavy atom. The van der Waals surface area contributed by atoms with Gasteiger partial charge in [0.2, 0.25) is 11.8 Å². The molecule has 1 aliphatic heterocycles. The minimum Gasteiger partial charge on any atom is -0.348 e. The highest BCUT2D eigenvalue weighted by molar-refractivity contribution is 5.80. The van der Waals surface area contributed by atoms with E-state index in [1.165, 1.54) is 0 Å². The van der Waals surface area contributed by atoms with Crippen molar-refractivity contribution in [1.29, 1.82) is 0 Å². The van der Waals surface area contributed by atoms with Crippen LogP contribution in [0.5, 0.6) is 0 Å². The molecule has 2 aliphatic rings. The number of amides is 2. The Bertz CT molecular complexity index is 385. The summed E-state index contributed by atoms with van der Waals surface area (Å²) < 4.78 is 0. The van der Waals surface area contributed by atoms with Crippen molar-refractivity contribution in [3.05, 3.63) is 12.2 Å². The second-order valence-corrected chi connectivity index (χ2v) is 5.88. The maximum Gasteiger partial charge on any atom is 0.236 e. The molecule has 2 amide bonds. The van der Waals surface area contributed by atoms with E-state index in [9.17, 15) is 9.59 Å². The van der Waals surface area contributed by atoms with Crippen LogP contribution in [0.25, 0.3) is 0 Å². The monoisotopic (exact) mass is 279 g/mol. The largest absolute Gasteiger partial charge is 0.348 e. The molecule has 0 atom stereocenters. The van der Waals surface area contributed by atoms with Crippen molar-refractivity contribution in [2.24, 2.45) is 5.92 Å². The van der Waals surface area contributed by atoms with Gasteiger partial charge < -0.3 is 9.80 Å². The van der Waals surface area contributed by atoms with Crippen LogP contribution < -0.4 is 0 Å². The molecule has 112 valence electrons. The molecule has 20 heavy (non-hydrogen) atoms. The number of allylic oxidation sites excluding steroid dienone is 2. The van der Waals surface area contributed by atoms with Gasteiger partial charge in [-0.15, -0.1) is 0 Å². The van der Waals surface area contributed by atoms with Crippen molar-refractivity contribution >= 4 is 11.8 Å². The third-order valence-corrected chi connectivity index (χ3v) is 4.11. The molecular formula is C15H25N3O2. The van der Waals surface area contributed by atoms with Gasteiger partial charge in [-0.25, -0.2) is 0 Å². The maximum absolute atomic E-state index is 12.4. The predicted molar refractivity (Wildman–Crippen MR) is 78.2 cm³/mol. The summed E-state index contributed by atoms with van der Waals surface area (Å²) in [5.74, 6) is 0.575. The number of rotatable bonds is 3. The normalized spacial score (nSPS) is 21.0. The van der Waals surface area contributed by atoms with Crippen LogP contribution in [0.4, 0.5) is 0 Å². The summed E-state index contributed by atoms with van der Waals surface area (Å²) in [6.07, 6.45) is 6.92. The van der Waals surface area contributed by atoms with E-state index in [1.54, 1.807) is 19.0 Å². The third kappa shape index (κ3) is 3.82. The Balaban J connectivity index is 1.82. The van der Waals surface area contributed by atoms with Gasteiger partial charge in [0.1, 0.15) is 0 Å². The van der Waals surface area contributed by atoms with Crippen LogP contribution in [-0.4, -0.2) is 73.3 Å². The van der Waals surface area contributed by atoms with E-state index in [0.717, 1.165) is 45.4 Å². The number of likely N-dealkylation sites (N-methyl/N-ethyl adjacent to an activating group) is 1. The summed E-state index contributed by atoms with van der Waals surface area (Å²) in [7, 11) is 3.56. The lowest BCUT2D eigenvalue weighted by Crippen LogP contribution is -2.40. The molecule has 0 spiro atoms. The SMILES string of the molecule is CN(C)C(=O)CN1CCCN(C(=O)C2CC=CC2)CC1. The van der Waals surface area contributed by atoms with Crippen LogP contribution in [0.3, 0.4) is 0 Å². The van der Waals surface area contributed by atoms with Crippen molar-refractivity contribution in [2.75, 3.05) is 46.8 Å². The zero-order valence-corrected chi connectivity index (χ0v) is 12.5. The number of nitrogens with zero attached hydrogens (tertiary/aromatic N) is 3. The Labute approximate surface area is 121 Å². The second-order valence-electron chi connectivity index (χ2n) is 5.88. The number of carbonyl (C=O) groups excluding carboxylic acids is 2. The molecular weight excluding hydrogens is 254 g/mol. The summed E-state index contributed by atoms with van der Waals surface area (Å²) in [5.41, 5.74) is 0. The molecule has 2 rings (SSSR count). The highest BCUT2D eigenvalue weighted by atomic mass is 16.2. The van der Waals surface area contributed by atoms with E-state index in [1.807, 2.05) is 4.90 Å². The molecule has 0 radical (unpaired) electrons. The van der Waals surface area contributed by atoms with Crippen molar-refractivity contribution in [1.82, 2.24) is 14.7 Å². The second kappa shape index (κ2) is 6.88. The molecule has 5 heteroatoms. The van der Waals surface area contributed by atoms with Gasteiger partial charge in [0.25, 0.3) is 0 Å². The van der Waals surface area contributed by atoms with Gasteiger partial charge in [-0.1, -0.05) is 12.2 Å². The Morgan fingerprint density at radius 3 is 2.45 bits per heavy atom. The lowest BCUT2D eigenvalue weighted by atomic mass is 10.1. The Kier molecular flexibility index (Phi) is 5.17. The molecule has 0 saturated carbocycles. The zero-order valence-electron chi connectivity index (χ0n) is 12.5. The van der Waals surface area contributed by atoms with E-state index < -0.39 is 0 Å². The van der Waals surface area contributed by atoms with Gasteiger partial charge >= 0.3 is 0 Å². The van der Waals surface area contributed by atoms with Gasteiger partial charge in [-0.3, -0.25) is 14.5 Å². The van der Waals surface area contributed by atoms with Crippen LogP contribution >= 0.6 is 0 Å². The molecule has 5 nitrogen and oxygen atoms in total. The Morgan fingerprint density at radius 1 is 1.10 bits per heavy atom. The van der Waals surface area contributed by atoms with Gasteiger partial charge in [0.15, 0.2) is 0 Å². The van der Waals surface area contributed by atoms with Gasteiger partial charge in [-0.05, 0) is 19.3 Å². The molecule has 1 aliphatic carbocycles. The van der Waals surface area contributed by atoms with E-state index in [4.69, 9.17) is 0 Å². The lowest BCUT2D eigenvalue weighted by Gasteiger charge is -2.24. The van der Waals surface area contributed by atoms with E-state index in [0.29, 0.717) is 6.54 Å². The van der Waals surface area contributed by atoms with Crippen LogP contribution in [0, 0.1) is 5.92 Å². The fraction of sp³-hybridized carbons (Fsp3) is 0.733. The first kappa shape index (κ1) is 15.0. The first-order valence-electron chi connectivity index (χ1n) is 7.44. The van der Waals surface area contributed by atoms with Crippen molar-refractivity contribution in [2.45, 2.75) is 19.3 Å². The zero-order chi connectivity index (χ0) is 14.5. The summed E-state index contributed by atoms with van der Waals surface area (Å²) >= 11 is 0. The van der Waals surface area contributed by atoms with Gasteiger partial charge in [-0.2, -0.15) is 0 Å². The van der Waals surface area contributed by atoms with E-state index in [2.05, 4.69) is 17.1 Å². The topological polar surface area (TPSA) is 43.9 Å². The molecule has 1 fully saturated rings. The number of hydrogen-bond donors (Lipinski definition) is 0. The van der Waals surface area contributed by atoms with Crippen molar-refractivity contribution in [3.63, 3.8) is 0 Å². The predicted octanol–water partition coefficient (Wildman–Crippen LogP) is 0.575. The highest BCUT2D eigenvalue weighted by Crippen LogP contribution is 2.21. The molecule has 0 aromatic heterocycles. The molecule has 0 bridgehead atoms. The summed E-state index contributed by atoms with van der Waals surface area (Å²) in [4.78, 5) is 29.9. The molecule has 0 unspecified atom stereocenters. The first-order valence-corrected chi connectivity index (χ1v) is 7.44. The average molecular weight is 279 g/mol. The highest BCUT2D eigenvalue weighted by Gasteiger charge is 2.26. The van der Waals surface area contributed by atoms with Crippen molar-refractivity contribution in [3.8, 4) is 0 Å². The minimum absolute atomic E-state index is 0.129. The first-order chi connectivity index (χ1) is 9.58. The summed E-state index contributed by atoms with van der Waals surface area (Å²) in [6, 6.07) is 0. The molecule has 1 heterocycles. The molecule has 0 aromatic carbocycles. The Hall–Kier alpha value is -1.36. The quantitative estimate of drug-likeness (QED) is 0.710. The van der Waals surface area contributed by atoms with E-state index >= 15 is 0 Å². The molecule has 0 N–H and O–H groups in total. The molecule has 1 saturated heterocycles. The summed E-state index contributed by atoms with van der Waals surface area (Å²) in [6.45, 7) is 3.72. The van der Waals surface area contributed by atoms with Gasteiger partial charge in [0.05, 0.1) is 6.54 Å². The van der Waals surface area contributed by atoms with Crippen LogP contribution in [0.1, 0.15) is 19.3 Å². The summed E-state index contributed by atoms with van der Waals surface area (Å²) in [5, 5.41) is 0.